The first-order chi connectivity index (χ1) is 14.4. The van der Waals surface area contributed by atoms with E-state index in [9.17, 15) is 0 Å². The number of allylic oxidation sites excluding steroid dienone is 2. The van der Waals surface area contributed by atoms with Crippen molar-refractivity contribution in [2.75, 3.05) is 28.4 Å². The second-order valence-electron chi connectivity index (χ2n) is 8.45. The molecule has 0 spiro atoms. The van der Waals surface area contributed by atoms with E-state index in [2.05, 4.69) is 50.3 Å². The van der Waals surface area contributed by atoms with Crippen molar-refractivity contribution >= 4 is 0 Å². The summed E-state index contributed by atoms with van der Waals surface area (Å²) in [6, 6.07) is 12.4. The number of hydrogen-bond acceptors (Lipinski definition) is 4. The van der Waals surface area contributed by atoms with Crippen molar-refractivity contribution in [1.82, 2.24) is 0 Å². The van der Waals surface area contributed by atoms with Crippen LogP contribution in [0.25, 0.3) is 0 Å². The van der Waals surface area contributed by atoms with Gasteiger partial charge >= 0.3 is 0 Å². The Kier molecular flexibility index (Phi) is 5.44. The second-order valence-corrected chi connectivity index (χ2v) is 8.45. The molecule has 2 aromatic rings. The quantitative estimate of drug-likeness (QED) is 0.594. The molecule has 0 aliphatic heterocycles. The molecule has 0 amide bonds. The molecule has 2 unspecified atom stereocenters. The fraction of sp³-hybridized carbons (Fsp3) is 0.385. The van der Waals surface area contributed by atoms with Gasteiger partial charge in [0.15, 0.2) is 0 Å². The standard InChI is InChI=1S/C26H30O4/c1-26(2)24(16-10-18(27-3)14-19(11-16)28-4)22-8-7-9-23(22)25(26)17-12-20(29-5)15-21(13-17)30-6/h7-8,10-15,22-23H,9H2,1-6H3. The predicted molar refractivity (Wildman–Crippen MR) is 118 cm³/mol. The first-order valence-electron chi connectivity index (χ1n) is 10.3. The molecule has 1 fully saturated rings. The molecule has 4 nitrogen and oxygen atoms in total. The van der Waals surface area contributed by atoms with E-state index in [0.29, 0.717) is 11.8 Å². The monoisotopic (exact) mass is 406 g/mol. The van der Waals surface area contributed by atoms with Crippen molar-refractivity contribution < 1.29 is 18.9 Å². The van der Waals surface area contributed by atoms with Crippen molar-refractivity contribution in [3.63, 3.8) is 0 Å². The van der Waals surface area contributed by atoms with Gasteiger partial charge in [-0.1, -0.05) is 26.0 Å². The molecule has 2 aliphatic rings. The number of methoxy groups -OCH3 is 4. The summed E-state index contributed by atoms with van der Waals surface area (Å²) in [4.78, 5) is 0. The van der Waals surface area contributed by atoms with Crippen molar-refractivity contribution in [2.45, 2.75) is 20.3 Å². The largest absolute Gasteiger partial charge is 0.497 e. The number of hydrogen-bond donors (Lipinski definition) is 0. The minimum Gasteiger partial charge on any atom is -0.497 e. The molecule has 2 aromatic carbocycles. The first-order valence-corrected chi connectivity index (χ1v) is 10.3. The second kappa shape index (κ2) is 7.90. The fourth-order valence-electron chi connectivity index (χ4n) is 5.33. The molecule has 158 valence electrons. The van der Waals surface area contributed by atoms with Crippen LogP contribution in [0.3, 0.4) is 0 Å². The maximum atomic E-state index is 5.56. The highest BCUT2D eigenvalue weighted by molar-refractivity contribution is 5.58. The number of benzene rings is 2. The highest BCUT2D eigenvalue weighted by Crippen LogP contribution is 2.65. The van der Waals surface area contributed by atoms with Crippen LogP contribution in [0.4, 0.5) is 0 Å². The molecular weight excluding hydrogens is 376 g/mol. The van der Waals surface area contributed by atoms with Crippen LogP contribution in [0.1, 0.15) is 31.4 Å². The number of fused-ring (bicyclic) bond motifs is 1. The summed E-state index contributed by atoms with van der Waals surface area (Å²) in [5.41, 5.74) is 2.21. The van der Waals surface area contributed by atoms with Crippen LogP contribution in [0.15, 0.2) is 48.6 Å². The minimum atomic E-state index is -0.144. The summed E-state index contributed by atoms with van der Waals surface area (Å²) in [5.74, 6) is 6.83. The van der Waals surface area contributed by atoms with E-state index >= 15 is 0 Å². The third kappa shape index (κ3) is 3.32. The van der Waals surface area contributed by atoms with E-state index in [4.69, 9.17) is 18.9 Å². The van der Waals surface area contributed by atoms with Gasteiger partial charge in [-0.2, -0.15) is 0 Å². The minimum absolute atomic E-state index is 0.144. The normalized spacial score (nSPS) is 22.7. The van der Waals surface area contributed by atoms with Crippen LogP contribution < -0.4 is 18.9 Å². The van der Waals surface area contributed by atoms with E-state index in [0.717, 1.165) is 29.4 Å². The number of rotatable bonds is 6. The molecule has 0 bridgehead atoms. The van der Waals surface area contributed by atoms with Gasteiger partial charge in [0.2, 0.25) is 0 Å². The summed E-state index contributed by atoms with van der Waals surface area (Å²) in [5, 5.41) is 0. The SMILES string of the molecule is COc1cc(OC)cc([C]2C3C=CCC3[C](c3cc(OC)cc(OC)c3)C2(C)C)c1. The van der Waals surface area contributed by atoms with Crippen molar-refractivity contribution in [3.8, 4) is 23.0 Å². The lowest BCUT2D eigenvalue weighted by Gasteiger charge is -2.35. The Hall–Kier alpha value is -2.62. The van der Waals surface area contributed by atoms with E-state index in [1.54, 1.807) is 28.4 Å². The van der Waals surface area contributed by atoms with E-state index in [1.807, 2.05) is 12.1 Å². The molecule has 4 heteroatoms. The molecule has 4 rings (SSSR count). The molecule has 0 aromatic heterocycles. The molecule has 0 saturated heterocycles. The summed E-state index contributed by atoms with van der Waals surface area (Å²) in [6.45, 7) is 4.64. The average Bonchev–Trinajstić information content (AvgIpc) is 3.29. The van der Waals surface area contributed by atoms with E-state index < -0.39 is 0 Å². The van der Waals surface area contributed by atoms with Crippen LogP contribution in [-0.4, -0.2) is 28.4 Å². The van der Waals surface area contributed by atoms with E-state index in [-0.39, 0.29) is 5.41 Å². The van der Waals surface area contributed by atoms with Gasteiger partial charge in [0.25, 0.3) is 0 Å². The summed E-state index contributed by atoms with van der Waals surface area (Å²) in [7, 11) is 6.79. The van der Waals surface area contributed by atoms with Crippen molar-refractivity contribution in [1.29, 1.82) is 0 Å². The Morgan fingerprint density at radius 3 is 1.53 bits per heavy atom. The first kappa shape index (κ1) is 20.6. The van der Waals surface area contributed by atoms with Crippen LogP contribution in [0.2, 0.25) is 0 Å². The molecule has 30 heavy (non-hydrogen) atoms. The molecule has 0 heterocycles. The summed E-state index contributed by atoms with van der Waals surface area (Å²) in [6.07, 6.45) is 5.70. The molecule has 2 aliphatic carbocycles. The summed E-state index contributed by atoms with van der Waals surface area (Å²) < 4.78 is 22.2. The van der Waals surface area contributed by atoms with Crippen LogP contribution in [-0.2, 0) is 0 Å². The van der Waals surface area contributed by atoms with Crippen LogP contribution in [0, 0.1) is 29.1 Å². The van der Waals surface area contributed by atoms with Gasteiger partial charge in [-0.3, -0.25) is 0 Å². The van der Waals surface area contributed by atoms with Crippen LogP contribution >= 0.6 is 0 Å². The third-order valence-electron chi connectivity index (χ3n) is 6.54. The van der Waals surface area contributed by atoms with Crippen LogP contribution in [0.5, 0.6) is 23.0 Å². The highest BCUT2D eigenvalue weighted by atomic mass is 16.5. The molecular formula is C26H30O4. The Labute approximate surface area is 179 Å². The smallest absolute Gasteiger partial charge is 0.122 e. The van der Waals surface area contributed by atoms with Gasteiger partial charge < -0.3 is 18.9 Å². The lowest BCUT2D eigenvalue weighted by molar-refractivity contribution is 0.389. The summed E-state index contributed by atoms with van der Waals surface area (Å²) >= 11 is 0. The predicted octanol–water partition coefficient (Wildman–Crippen LogP) is 5.50. The maximum Gasteiger partial charge on any atom is 0.122 e. The van der Waals surface area contributed by atoms with Gasteiger partial charge in [-0.15, -0.1) is 0 Å². The topological polar surface area (TPSA) is 36.9 Å². The fourth-order valence-corrected chi connectivity index (χ4v) is 5.33. The van der Waals surface area contributed by atoms with Gasteiger partial charge in [-0.05, 0) is 59.1 Å². The van der Waals surface area contributed by atoms with E-state index in [1.165, 1.54) is 23.0 Å². The zero-order valence-corrected chi connectivity index (χ0v) is 18.6. The van der Waals surface area contributed by atoms with Crippen molar-refractivity contribution in [3.05, 3.63) is 71.5 Å². The van der Waals surface area contributed by atoms with Gasteiger partial charge in [0.05, 0.1) is 28.4 Å². The molecule has 1 saturated carbocycles. The Bertz CT molecular complexity index is 902. The molecule has 0 N–H and O–H groups in total. The lowest BCUT2D eigenvalue weighted by Crippen LogP contribution is -2.26. The van der Waals surface area contributed by atoms with Gasteiger partial charge in [-0.25, -0.2) is 0 Å². The maximum absolute atomic E-state index is 5.56. The van der Waals surface area contributed by atoms with Crippen molar-refractivity contribution in [2.24, 2.45) is 17.3 Å². The molecule has 2 atom stereocenters. The Balaban J connectivity index is 1.83. The Morgan fingerprint density at radius 1 is 0.667 bits per heavy atom. The lowest BCUT2D eigenvalue weighted by atomic mass is 9.68. The highest BCUT2D eigenvalue weighted by Gasteiger charge is 2.57. The third-order valence-corrected chi connectivity index (χ3v) is 6.54. The van der Waals surface area contributed by atoms with Gasteiger partial charge in [0, 0.05) is 24.0 Å². The zero-order chi connectivity index (χ0) is 21.5. The average molecular weight is 407 g/mol. The zero-order valence-electron chi connectivity index (χ0n) is 18.6. The molecule has 2 radical (unpaired) electrons. The Morgan fingerprint density at radius 2 is 1.10 bits per heavy atom. The number of ether oxygens (including phenoxy) is 4. The van der Waals surface area contributed by atoms with Gasteiger partial charge in [0.1, 0.15) is 23.0 Å².